The van der Waals surface area contributed by atoms with Gasteiger partial charge in [-0.05, 0) is 72.0 Å². The Labute approximate surface area is 195 Å². The molecule has 1 aliphatic heterocycles. The van der Waals surface area contributed by atoms with Gasteiger partial charge in [-0.15, -0.1) is 24.8 Å². The van der Waals surface area contributed by atoms with E-state index >= 15 is 0 Å². The van der Waals surface area contributed by atoms with E-state index in [9.17, 15) is 0 Å². The van der Waals surface area contributed by atoms with Gasteiger partial charge < -0.3 is 14.8 Å². The molecule has 1 saturated heterocycles. The summed E-state index contributed by atoms with van der Waals surface area (Å²) in [4.78, 5) is 2.55. The number of ether oxygens (including phenoxy) is 2. The van der Waals surface area contributed by atoms with Gasteiger partial charge in [0.15, 0.2) is 11.5 Å². The fourth-order valence-corrected chi connectivity index (χ4v) is 4.16. The number of benzene rings is 2. The van der Waals surface area contributed by atoms with Gasteiger partial charge in [0.1, 0.15) is 0 Å². The van der Waals surface area contributed by atoms with Crippen molar-refractivity contribution in [1.29, 1.82) is 0 Å². The van der Waals surface area contributed by atoms with Crippen molar-refractivity contribution in [3.05, 3.63) is 58.1 Å². The maximum atomic E-state index is 5.67. The average molecular weight is 506 g/mol. The predicted molar refractivity (Wildman–Crippen MR) is 128 cm³/mol. The maximum absolute atomic E-state index is 5.67. The van der Waals surface area contributed by atoms with Crippen LogP contribution in [0.2, 0.25) is 0 Å². The molecular formula is C22H31BrCl2N2O2. The lowest BCUT2D eigenvalue weighted by Crippen LogP contribution is -2.41. The minimum Gasteiger partial charge on any atom is -0.493 e. The van der Waals surface area contributed by atoms with Gasteiger partial charge in [-0.3, -0.25) is 4.90 Å². The highest BCUT2D eigenvalue weighted by atomic mass is 79.9. The lowest BCUT2D eigenvalue weighted by molar-refractivity contribution is 0.190. The molecule has 0 aromatic heterocycles. The number of nitrogens with one attached hydrogen (secondary N) is 1. The van der Waals surface area contributed by atoms with E-state index in [2.05, 4.69) is 68.6 Å². The number of halogens is 3. The first-order valence-corrected chi connectivity index (χ1v) is 10.5. The van der Waals surface area contributed by atoms with Gasteiger partial charge >= 0.3 is 0 Å². The summed E-state index contributed by atoms with van der Waals surface area (Å²) in [6, 6.07) is 15.5. The molecule has 3 rings (SSSR count). The minimum atomic E-state index is 0. The topological polar surface area (TPSA) is 33.7 Å². The van der Waals surface area contributed by atoms with Crippen molar-refractivity contribution in [2.45, 2.75) is 38.9 Å². The summed E-state index contributed by atoms with van der Waals surface area (Å²) >= 11 is 3.61. The number of likely N-dealkylation sites (tertiary alicyclic amines) is 1. The van der Waals surface area contributed by atoms with Crippen molar-refractivity contribution >= 4 is 40.7 Å². The zero-order valence-corrected chi connectivity index (χ0v) is 20.2. The fourth-order valence-electron chi connectivity index (χ4n) is 3.56. The van der Waals surface area contributed by atoms with E-state index < -0.39 is 0 Å². The quantitative estimate of drug-likeness (QED) is 0.516. The second-order valence-electron chi connectivity index (χ2n) is 6.96. The summed E-state index contributed by atoms with van der Waals surface area (Å²) < 4.78 is 12.1. The Morgan fingerprint density at radius 3 is 2.38 bits per heavy atom. The predicted octanol–water partition coefficient (Wildman–Crippen LogP) is 5.45. The number of rotatable bonds is 8. The normalized spacial score (nSPS) is 14.6. The van der Waals surface area contributed by atoms with Crippen LogP contribution in [0, 0.1) is 0 Å². The Morgan fingerprint density at radius 2 is 1.76 bits per heavy atom. The summed E-state index contributed by atoms with van der Waals surface area (Å²) in [5.41, 5.74) is 2.60. The Kier molecular flexibility index (Phi) is 12.0. The molecule has 1 aliphatic rings. The highest BCUT2D eigenvalue weighted by Crippen LogP contribution is 2.36. The smallest absolute Gasteiger partial charge is 0.175 e. The van der Waals surface area contributed by atoms with Gasteiger partial charge in [-0.2, -0.15) is 0 Å². The van der Waals surface area contributed by atoms with E-state index in [0.717, 1.165) is 42.2 Å². The third-order valence-corrected chi connectivity index (χ3v) is 5.60. The lowest BCUT2D eigenvalue weighted by Gasteiger charge is -2.32. The first-order valence-electron chi connectivity index (χ1n) is 9.68. The Bertz CT molecular complexity index is 726. The van der Waals surface area contributed by atoms with Crippen LogP contribution >= 0.6 is 40.7 Å². The Balaban J connectivity index is 0.00000210. The van der Waals surface area contributed by atoms with Crippen LogP contribution in [0.1, 0.15) is 30.9 Å². The van der Waals surface area contributed by atoms with Crippen LogP contribution < -0.4 is 14.8 Å². The second kappa shape index (κ2) is 13.3. The molecule has 2 aromatic rings. The molecule has 162 valence electrons. The molecule has 2 aromatic carbocycles. The molecule has 0 aliphatic carbocycles. The number of hydrogen-bond donors (Lipinski definition) is 1. The number of hydrogen-bond acceptors (Lipinski definition) is 4. The lowest BCUT2D eigenvalue weighted by atomic mass is 10.0. The first-order chi connectivity index (χ1) is 13.2. The van der Waals surface area contributed by atoms with Gasteiger partial charge in [0.2, 0.25) is 0 Å². The zero-order chi connectivity index (χ0) is 19.1. The van der Waals surface area contributed by atoms with E-state index in [0.29, 0.717) is 12.6 Å². The van der Waals surface area contributed by atoms with Crippen LogP contribution in [0.3, 0.4) is 0 Å². The SMILES string of the molecule is CCOc1c(Br)cc(CNC2CCN(Cc3ccccc3)CC2)cc1OC.Cl.Cl. The number of nitrogens with zero attached hydrogens (tertiary/aromatic N) is 1. The van der Waals surface area contributed by atoms with E-state index in [1.807, 2.05) is 6.92 Å². The molecule has 0 spiro atoms. The molecule has 0 bridgehead atoms. The Morgan fingerprint density at radius 1 is 1.07 bits per heavy atom. The highest BCUT2D eigenvalue weighted by Gasteiger charge is 2.19. The van der Waals surface area contributed by atoms with Gasteiger partial charge in [-0.25, -0.2) is 0 Å². The van der Waals surface area contributed by atoms with Crippen molar-refractivity contribution in [2.75, 3.05) is 26.8 Å². The van der Waals surface area contributed by atoms with Crippen molar-refractivity contribution < 1.29 is 9.47 Å². The second-order valence-corrected chi connectivity index (χ2v) is 7.81. The van der Waals surface area contributed by atoms with Crippen LogP contribution in [-0.2, 0) is 13.1 Å². The van der Waals surface area contributed by atoms with Crippen molar-refractivity contribution in [3.8, 4) is 11.5 Å². The van der Waals surface area contributed by atoms with E-state index in [1.165, 1.54) is 24.0 Å². The third kappa shape index (κ3) is 7.65. The molecule has 0 amide bonds. The largest absolute Gasteiger partial charge is 0.493 e. The van der Waals surface area contributed by atoms with Crippen molar-refractivity contribution in [3.63, 3.8) is 0 Å². The van der Waals surface area contributed by atoms with Crippen molar-refractivity contribution in [1.82, 2.24) is 10.2 Å². The summed E-state index contributed by atoms with van der Waals surface area (Å²) in [6.07, 6.45) is 2.37. The van der Waals surface area contributed by atoms with Crippen LogP contribution in [0.5, 0.6) is 11.5 Å². The van der Waals surface area contributed by atoms with Gasteiger partial charge in [0, 0.05) is 19.1 Å². The van der Waals surface area contributed by atoms with Crippen molar-refractivity contribution in [2.24, 2.45) is 0 Å². The molecule has 7 heteroatoms. The molecule has 0 saturated carbocycles. The molecule has 0 unspecified atom stereocenters. The molecule has 1 fully saturated rings. The maximum Gasteiger partial charge on any atom is 0.175 e. The summed E-state index contributed by atoms with van der Waals surface area (Å²) in [7, 11) is 1.68. The van der Waals surface area contributed by atoms with Gasteiger partial charge in [0.25, 0.3) is 0 Å². The monoisotopic (exact) mass is 504 g/mol. The fraction of sp³-hybridized carbons (Fsp3) is 0.455. The first kappa shape index (κ1) is 26.1. The van der Waals surface area contributed by atoms with Gasteiger partial charge in [-0.1, -0.05) is 30.3 Å². The minimum absolute atomic E-state index is 0. The van der Waals surface area contributed by atoms with Crippen LogP contribution in [-0.4, -0.2) is 37.7 Å². The van der Waals surface area contributed by atoms with Crippen LogP contribution in [0.15, 0.2) is 46.9 Å². The molecule has 1 N–H and O–H groups in total. The molecule has 1 heterocycles. The standard InChI is InChI=1S/C22H29BrN2O2.2ClH/c1-3-27-22-20(23)13-18(14-21(22)26-2)15-24-19-9-11-25(12-10-19)16-17-7-5-4-6-8-17;;/h4-8,13-14,19,24H,3,9-12,15-16H2,1-2H3;2*1H. The summed E-state index contributed by atoms with van der Waals surface area (Å²) in [5.74, 6) is 1.55. The summed E-state index contributed by atoms with van der Waals surface area (Å²) in [6.45, 7) is 6.77. The molecule has 0 atom stereocenters. The zero-order valence-electron chi connectivity index (χ0n) is 17.0. The summed E-state index contributed by atoms with van der Waals surface area (Å²) in [5, 5.41) is 3.71. The van der Waals surface area contributed by atoms with E-state index in [-0.39, 0.29) is 24.8 Å². The molecule has 0 radical (unpaired) electrons. The molecule has 29 heavy (non-hydrogen) atoms. The number of methoxy groups -OCH3 is 1. The van der Waals surface area contributed by atoms with Crippen LogP contribution in [0.25, 0.3) is 0 Å². The van der Waals surface area contributed by atoms with Gasteiger partial charge in [0.05, 0.1) is 18.2 Å². The average Bonchev–Trinajstić information content (AvgIpc) is 2.70. The van der Waals surface area contributed by atoms with E-state index in [1.54, 1.807) is 7.11 Å². The van der Waals surface area contributed by atoms with Crippen LogP contribution in [0.4, 0.5) is 0 Å². The highest BCUT2D eigenvalue weighted by molar-refractivity contribution is 9.10. The number of piperidine rings is 1. The Hall–Kier alpha value is -0.980. The van der Waals surface area contributed by atoms with E-state index in [4.69, 9.17) is 9.47 Å². The molecular weight excluding hydrogens is 475 g/mol. The molecule has 4 nitrogen and oxygen atoms in total. The third-order valence-electron chi connectivity index (χ3n) is 5.01.